The molecule has 1 aliphatic rings. The van der Waals surface area contributed by atoms with E-state index in [-0.39, 0.29) is 0 Å². The number of amides is 1. The second-order valence-electron chi connectivity index (χ2n) is 4.76. The van der Waals surface area contributed by atoms with Crippen LogP contribution in [0.1, 0.15) is 30.9 Å². The van der Waals surface area contributed by atoms with E-state index in [4.69, 9.17) is 4.74 Å². The molecule has 0 saturated heterocycles. The number of ether oxygens (including phenoxy) is 1. The van der Waals surface area contributed by atoms with Crippen LogP contribution in [0.2, 0.25) is 0 Å². The highest BCUT2D eigenvalue weighted by Gasteiger charge is 2.46. The van der Waals surface area contributed by atoms with Gasteiger partial charge in [0.15, 0.2) is 6.10 Å². The van der Waals surface area contributed by atoms with E-state index >= 15 is 0 Å². The predicted molar refractivity (Wildman–Crippen MR) is 68.6 cm³/mol. The molecule has 0 aliphatic heterocycles. The summed E-state index contributed by atoms with van der Waals surface area (Å²) in [7, 11) is 1.44. The first-order valence-corrected chi connectivity index (χ1v) is 6.22. The van der Waals surface area contributed by atoms with E-state index in [2.05, 4.69) is 5.32 Å². The van der Waals surface area contributed by atoms with Crippen LogP contribution < -0.4 is 5.32 Å². The average molecular weight is 263 g/mol. The summed E-state index contributed by atoms with van der Waals surface area (Å²) in [5.74, 6) is -1.38. The van der Waals surface area contributed by atoms with Crippen LogP contribution in [0.15, 0.2) is 30.3 Å². The molecule has 5 heteroatoms. The molecule has 1 fully saturated rings. The van der Waals surface area contributed by atoms with Crippen molar-refractivity contribution in [2.45, 2.75) is 30.9 Å². The number of carboxylic acid groups (broad SMARTS) is 1. The standard InChI is InChI=1S/C14H17NO4/c1-19-11(10-6-3-2-4-7-10)12(16)15-14(13(17)18)8-5-9-14/h2-4,6-7,11H,5,8-9H2,1H3,(H,15,16)(H,17,18). The number of carbonyl (C=O) groups is 2. The molecule has 0 bridgehead atoms. The molecular weight excluding hydrogens is 246 g/mol. The van der Waals surface area contributed by atoms with Crippen molar-refractivity contribution in [2.24, 2.45) is 0 Å². The number of benzene rings is 1. The number of carbonyl (C=O) groups excluding carboxylic acids is 1. The fraction of sp³-hybridized carbons (Fsp3) is 0.429. The molecule has 1 aromatic rings. The first kappa shape index (κ1) is 13.5. The number of aliphatic carboxylic acids is 1. The Morgan fingerprint density at radius 1 is 1.32 bits per heavy atom. The van der Waals surface area contributed by atoms with Gasteiger partial charge >= 0.3 is 5.97 Å². The van der Waals surface area contributed by atoms with Gasteiger partial charge in [0.25, 0.3) is 5.91 Å². The Bertz CT molecular complexity index is 468. The van der Waals surface area contributed by atoms with Gasteiger partial charge in [-0.15, -0.1) is 0 Å². The van der Waals surface area contributed by atoms with Gasteiger partial charge in [-0.2, -0.15) is 0 Å². The van der Waals surface area contributed by atoms with Gasteiger partial charge in [0.1, 0.15) is 5.54 Å². The highest BCUT2D eigenvalue weighted by Crippen LogP contribution is 2.33. The van der Waals surface area contributed by atoms with E-state index in [0.717, 1.165) is 6.42 Å². The van der Waals surface area contributed by atoms with Crippen molar-refractivity contribution in [1.82, 2.24) is 5.32 Å². The average Bonchev–Trinajstić information content (AvgIpc) is 2.35. The molecule has 5 nitrogen and oxygen atoms in total. The van der Waals surface area contributed by atoms with Crippen LogP contribution in [0.3, 0.4) is 0 Å². The molecule has 1 unspecified atom stereocenters. The van der Waals surface area contributed by atoms with Crippen LogP contribution in [0.25, 0.3) is 0 Å². The molecular formula is C14H17NO4. The minimum atomic E-state index is -1.11. The highest BCUT2D eigenvalue weighted by atomic mass is 16.5. The molecule has 102 valence electrons. The smallest absolute Gasteiger partial charge is 0.329 e. The van der Waals surface area contributed by atoms with E-state index in [1.165, 1.54) is 7.11 Å². The van der Waals surface area contributed by atoms with Gasteiger partial charge in [-0.25, -0.2) is 4.79 Å². The maximum absolute atomic E-state index is 12.2. The summed E-state index contributed by atoms with van der Waals surface area (Å²) in [4.78, 5) is 23.4. The Hall–Kier alpha value is -1.88. The van der Waals surface area contributed by atoms with Crippen molar-refractivity contribution in [3.8, 4) is 0 Å². The predicted octanol–water partition coefficient (Wildman–Crippen LogP) is 1.50. The summed E-state index contributed by atoms with van der Waals surface area (Å²) in [5.41, 5.74) is -0.398. The topological polar surface area (TPSA) is 75.6 Å². The van der Waals surface area contributed by atoms with Crippen molar-refractivity contribution >= 4 is 11.9 Å². The summed E-state index contributed by atoms with van der Waals surface area (Å²) < 4.78 is 5.19. The van der Waals surface area contributed by atoms with Crippen molar-refractivity contribution in [1.29, 1.82) is 0 Å². The Kier molecular flexibility index (Phi) is 3.85. The van der Waals surface area contributed by atoms with E-state index < -0.39 is 23.5 Å². The first-order chi connectivity index (χ1) is 9.09. The zero-order valence-electron chi connectivity index (χ0n) is 10.8. The second-order valence-corrected chi connectivity index (χ2v) is 4.76. The number of carboxylic acids is 1. The van der Waals surface area contributed by atoms with Crippen LogP contribution in [0.4, 0.5) is 0 Å². The van der Waals surface area contributed by atoms with E-state index in [0.29, 0.717) is 18.4 Å². The summed E-state index contributed by atoms with van der Waals surface area (Å²) in [6, 6.07) is 9.03. The zero-order valence-corrected chi connectivity index (χ0v) is 10.8. The second kappa shape index (κ2) is 5.40. The Morgan fingerprint density at radius 2 is 1.95 bits per heavy atom. The molecule has 2 rings (SSSR count). The molecule has 1 saturated carbocycles. The molecule has 1 atom stereocenters. The molecule has 0 radical (unpaired) electrons. The Labute approximate surface area is 111 Å². The first-order valence-electron chi connectivity index (χ1n) is 6.22. The van der Waals surface area contributed by atoms with Crippen LogP contribution in [0, 0.1) is 0 Å². The molecule has 0 spiro atoms. The molecule has 0 heterocycles. The quantitative estimate of drug-likeness (QED) is 0.844. The van der Waals surface area contributed by atoms with Crippen molar-refractivity contribution in [3.63, 3.8) is 0 Å². The van der Waals surface area contributed by atoms with Crippen LogP contribution >= 0.6 is 0 Å². The van der Waals surface area contributed by atoms with E-state index in [1.807, 2.05) is 18.2 Å². The lowest BCUT2D eigenvalue weighted by molar-refractivity contribution is -0.154. The van der Waals surface area contributed by atoms with E-state index in [9.17, 15) is 14.7 Å². The summed E-state index contributed by atoms with van der Waals surface area (Å²) in [6.07, 6.45) is 0.978. The van der Waals surface area contributed by atoms with Crippen molar-refractivity contribution < 1.29 is 19.4 Å². The van der Waals surface area contributed by atoms with Gasteiger partial charge in [-0.1, -0.05) is 30.3 Å². The summed E-state index contributed by atoms with van der Waals surface area (Å²) in [6.45, 7) is 0. The van der Waals surface area contributed by atoms with Crippen LogP contribution in [-0.4, -0.2) is 29.6 Å². The van der Waals surface area contributed by atoms with E-state index in [1.54, 1.807) is 12.1 Å². The van der Waals surface area contributed by atoms with Crippen molar-refractivity contribution in [2.75, 3.05) is 7.11 Å². The molecule has 1 aromatic carbocycles. The lowest BCUT2D eigenvalue weighted by atomic mass is 9.76. The lowest BCUT2D eigenvalue weighted by Crippen LogP contribution is -2.60. The maximum Gasteiger partial charge on any atom is 0.329 e. The van der Waals surface area contributed by atoms with Crippen molar-refractivity contribution in [3.05, 3.63) is 35.9 Å². The monoisotopic (exact) mass is 263 g/mol. The minimum absolute atomic E-state index is 0.407. The van der Waals surface area contributed by atoms with Gasteiger partial charge in [-0.05, 0) is 24.8 Å². The van der Waals surface area contributed by atoms with Crippen LogP contribution in [0.5, 0.6) is 0 Å². The SMILES string of the molecule is COC(C(=O)NC1(C(=O)O)CCC1)c1ccccc1. The number of rotatable bonds is 5. The molecule has 19 heavy (non-hydrogen) atoms. The Morgan fingerprint density at radius 3 is 2.37 bits per heavy atom. The maximum atomic E-state index is 12.2. The van der Waals surface area contributed by atoms with Gasteiger partial charge < -0.3 is 15.2 Å². The zero-order chi connectivity index (χ0) is 13.9. The lowest BCUT2D eigenvalue weighted by Gasteiger charge is -2.39. The molecule has 2 N–H and O–H groups in total. The Balaban J connectivity index is 2.12. The molecule has 0 aromatic heterocycles. The fourth-order valence-corrected chi connectivity index (χ4v) is 2.25. The van der Waals surface area contributed by atoms with Crippen LogP contribution in [-0.2, 0) is 14.3 Å². The normalized spacial score (nSPS) is 18.2. The van der Waals surface area contributed by atoms with Gasteiger partial charge in [0, 0.05) is 7.11 Å². The fourth-order valence-electron chi connectivity index (χ4n) is 2.25. The number of methoxy groups -OCH3 is 1. The number of hydrogen-bond acceptors (Lipinski definition) is 3. The third kappa shape index (κ3) is 2.61. The van der Waals surface area contributed by atoms with Gasteiger partial charge in [0.05, 0.1) is 0 Å². The third-order valence-corrected chi connectivity index (χ3v) is 3.56. The third-order valence-electron chi connectivity index (χ3n) is 3.56. The largest absolute Gasteiger partial charge is 0.480 e. The van der Waals surface area contributed by atoms with Gasteiger partial charge in [0.2, 0.25) is 0 Å². The summed E-state index contributed by atoms with van der Waals surface area (Å²) >= 11 is 0. The number of nitrogens with one attached hydrogen (secondary N) is 1. The molecule has 1 amide bonds. The summed E-state index contributed by atoms with van der Waals surface area (Å²) in [5, 5.41) is 11.8. The number of hydrogen-bond donors (Lipinski definition) is 2. The highest BCUT2D eigenvalue weighted by molar-refractivity contribution is 5.90. The molecule has 1 aliphatic carbocycles. The van der Waals surface area contributed by atoms with Gasteiger partial charge in [-0.3, -0.25) is 4.79 Å². The minimum Gasteiger partial charge on any atom is -0.480 e.